The zero-order valence-electron chi connectivity index (χ0n) is 10.6. The zero-order chi connectivity index (χ0) is 14.9. The van der Waals surface area contributed by atoms with Crippen LogP contribution in [-0.2, 0) is 6.18 Å². The minimum atomic E-state index is -4.35. The number of benzene rings is 1. The Balaban J connectivity index is 1.90. The number of pyridine rings is 1. The van der Waals surface area contributed by atoms with Gasteiger partial charge in [0.1, 0.15) is 5.69 Å². The highest BCUT2D eigenvalue weighted by atomic mass is 19.4. The Morgan fingerprint density at radius 1 is 0.905 bits per heavy atom. The van der Waals surface area contributed by atoms with E-state index in [9.17, 15) is 13.2 Å². The smallest absolute Gasteiger partial charge is 0.254 e. The predicted molar refractivity (Wildman–Crippen MR) is 69.6 cm³/mol. The Bertz CT molecular complexity index is 733. The molecule has 0 bridgehead atoms. The van der Waals surface area contributed by atoms with E-state index in [0.717, 1.165) is 12.1 Å². The van der Waals surface area contributed by atoms with Crippen LogP contribution in [0.15, 0.2) is 54.9 Å². The van der Waals surface area contributed by atoms with E-state index in [2.05, 4.69) is 15.3 Å². The number of alkyl halides is 3. The van der Waals surface area contributed by atoms with E-state index in [4.69, 9.17) is 0 Å². The van der Waals surface area contributed by atoms with Gasteiger partial charge in [0.05, 0.1) is 23.1 Å². The second kappa shape index (κ2) is 5.01. The number of hydrogen-bond acceptors (Lipinski definition) is 3. The van der Waals surface area contributed by atoms with Crippen LogP contribution in [0.25, 0.3) is 17.1 Å². The summed E-state index contributed by atoms with van der Waals surface area (Å²) in [6, 6.07) is 10.1. The van der Waals surface area contributed by atoms with Gasteiger partial charge in [0.2, 0.25) is 0 Å². The van der Waals surface area contributed by atoms with E-state index in [1.165, 1.54) is 16.8 Å². The molecule has 3 rings (SSSR count). The van der Waals surface area contributed by atoms with E-state index >= 15 is 0 Å². The van der Waals surface area contributed by atoms with Crippen molar-refractivity contribution < 1.29 is 13.2 Å². The van der Waals surface area contributed by atoms with Gasteiger partial charge in [0, 0.05) is 6.20 Å². The van der Waals surface area contributed by atoms with Crippen LogP contribution in [0.5, 0.6) is 0 Å². The van der Waals surface area contributed by atoms with Gasteiger partial charge in [0.25, 0.3) is 0 Å². The van der Waals surface area contributed by atoms with E-state index < -0.39 is 11.7 Å². The highest BCUT2D eigenvalue weighted by Crippen LogP contribution is 2.29. The average molecular weight is 290 g/mol. The molecule has 0 saturated carbocycles. The molecular formula is C14H9F3N4. The summed E-state index contributed by atoms with van der Waals surface area (Å²) < 4.78 is 38.9. The molecule has 0 unspecified atom stereocenters. The molecule has 0 amide bonds. The average Bonchev–Trinajstić information content (AvgIpc) is 2.97. The van der Waals surface area contributed by atoms with Crippen LogP contribution >= 0.6 is 0 Å². The summed E-state index contributed by atoms with van der Waals surface area (Å²) in [5, 5.41) is 7.86. The molecule has 1 aromatic carbocycles. The van der Waals surface area contributed by atoms with Crippen LogP contribution in [0.3, 0.4) is 0 Å². The maximum atomic E-state index is 12.5. The largest absolute Gasteiger partial charge is 0.416 e. The Hall–Kier alpha value is -2.70. The van der Waals surface area contributed by atoms with Crippen molar-refractivity contribution in [1.29, 1.82) is 0 Å². The Morgan fingerprint density at radius 2 is 1.67 bits per heavy atom. The monoisotopic (exact) mass is 290 g/mol. The highest BCUT2D eigenvalue weighted by molar-refractivity contribution is 5.52. The van der Waals surface area contributed by atoms with Gasteiger partial charge in [0.15, 0.2) is 0 Å². The Morgan fingerprint density at radius 3 is 2.29 bits per heavy atom. The van der Waals surface area contributed by atoms with Crippen LogP contribution in [-0.4, -0.2) is 20.0 Å². The number of hydrogen-bond donors (Lipinski definition) is 0. The van der Waals surface area contributed by atoms with Crippen molar-refractivity contribution in [1.82, 2.24) is 20.0 Å². The topological polar surface area (TPSA) is 43.6 Å². The molecule has 0 aliphatic rings. The van der Waals surface area contributed by atoms with Crippen molar-refractivity contribution in [3.63, 3.8) is 0 Å². The molecule has 3 aromatic rings. The predicted octanol–water partition coefficient (Wildman–Crippen LogP) is 3.35. The molecule has 0 spiro atoms. The van der Waals surface area contributed by atoms with Crippen LogP contribution in [0.1, 0.15) is 5.56 Å². The maximum absolute atomic E-state index is 12.5. The number of nitrogens with zero attached hydrogens (tertiary/aromatic N) is 4. The van der Waals surface area contributed by atoms with Gasteiger partial charge in [-0.1, -0.05) is 11.3 Å². The maximum Gasteiger partial charge on any atom is 0.416 e. The van der Waals surface area contributed by atoms with Gasteiger partial charge in [-0.2, -0.15) is 13.2 Å². The normalized spacial score (nSPS) is 11.6. The lowest BCUT2D eigenvalue weighted by molar-refractivity contribution is -0.137. The molecule has 21 heavy (non-hydrogen) atoms. The molecule has 2 aromatic heterocycles. The Labute approximate surface area is 117 Å². The number of halogens is 3. The Kier molecular flexibility index (Phi) is 3.17. The molecule has 0 N–H and O–H groups in total. The fourth-order valence-corrected chi connectivity index (χ4v) is 1.82. The first kappa shape index (κ1) is 13.3. The zero-order valence-corrected chi connectivity index (χ0v) is 10.6. The van der Waals surface area contributed by atoms with Crippen molar-refractivity contribution in [3.8, 4) is 17.1 Å². The summed E-state index contributed by atoms with van der Waals surface area (Å²) in [7, 11) is 0. The van der Waals surface area contributed by atoms with Gasteiger partial charge >= 0.3 is 6.18 Å². The van der Waals surface area contributed by atoms with Gasteiger partial charge in [-0.3, -0.25) is 4.98 Å². The standard InChI is InChI=1S/C14H9F3N4/c15-14(16,17)10-4-6-11(7-5-10)21-9-13(19-20-21)12-3-1-2-8-18-12/h1-9H. The summed E-state index contributed by atoms with van der Waals surface area (Å²) in [6.07, 6.45) is -1.10. The lowest BCUT2D eigenvalue weighted by atomic mass is 10.2. The summed E-state index contributed by atoms with van der Waals surface area (Å²) in [5.41, 5.74) is 1.00. The molecule has 0 fully saturated rings. The second-order valence-corrected chi connectivity index (χ2v) is 4.31. The molecule has 106 valence electrons. The first-order chi connectivity index (χ1) is 10.0. The summed E-state index contributed by atoms with van der Waals surface area (Å²) in [4.78, 5) is 4.14. The van der Waals surface area contributed by atoms with Crippen molar-refractivity contribution in [3.05, 3.63) is 60.4 Å². The van der Waals surface area contributed by atoms with Gasteiger partial charge in [-0.25, -0.2) is 4.68 Å². The van der Waals surface area contributed by atoms with E-state index in [-0.39, 0.29) is 0 Å². The van der Waals surface area contributed by atoms with E-state index in [0.29, 0.717) is 17.1 Å². The lowest BCUT2D eigenvalue weighted by Crippen LogP contribution is -2.05. The molecule has 0 atom stereocenters. The summed E-state index contributed by atoms with van der Waals surface area (Å²) in [6.45, 7) is 0. The van der Waals surface area contributed by atoms with Crippen molar-refractivity contribution in [2.24, 2.45) is 0 Å². The minimum Gasteiger partial charge on any atom is -0.254 e. The van der Waals surface area contributed by atoms with Crippen LogP contribution in [0.2, 0.25) is 0 Å². The molecule has 0 aliphatic heterocycles. The van der Waals surface area contributed by atoms with Crippen molar-refractivity contribution >= 4 is 0 Å². The highest BCUT2D eigenvalue weighted by Gasteiger charge is 2.30. The van der Waals surface area contributed by atoms with Crippen LogP contribution in [0.4, 0.5) is 13.2 Å². The van der Waals surface area contributed by atoms with Crippen LogP contribution < -0.4 is 0 Å². The van der Waals surface area contributed by atoms with E-state index in [1.807, 2.05) is 6.07 Å². The minimum absolute atomic E-state index is 0.498. The molecule has 0 radical (unpaired) electrons. The van der Waals surface area contributed by atoms with Gasteiger partial charge < -0.3 is 0 Å². The third kappa shape index (κ3) is 2.76. The van der Waals surface area contributed by atoms with E-state index in [1.54, 1.807) is 24.5 Å². The van der Waals surface area contributed by atoms with Crippen LogP contribution in [0, 0.1) is 0 Å². The quantitative estimate of drug-likeness (QED) is 0.727. The molecule has 4 nitrogen and oxygen atoms in total. The molecular weight excluding hydrogens is 281 g/mol. The van der Waals surface area contributed by atoms with Gasteiger partial charge in [-0.05, 0) is 36.4 Å². The molecule has 2 heterocycles. The third-order valence-corrected chi connectivity index (χ3v) is 2.88. The number of aromatic nitrogens is 4. The second-order valence-electron chi connectivity index (χ2n) is 4.31. The third-order valence-electron chi connectivity index (χ3n) is 2.88. The van der Waals surface area contributed by atoms with Crippen molar-refractivity contribution in [2.75, 3.05) is 0 Å². The summed E-state index contributed by atoms with van der Waals surface area (Å²) >= 11 is 0. The fourth-order valence-electron chi connectivity index (χ4n) is 1.82. The number of rotatable bonds is 2. The SMILES string of the molecule is FC(F)(F)c1ccc(-n2cc(-c3ccccn3)nn2)cc1. The first-order valence-electron chi connectivity index (χ1n) is 6.05. The molecule has 0 saturated heterocycles. The van der Waals surface area contributed by atoms with Crippen molar-refractivity contribution in [2.45, 2.75) is 6.18 Å². The summed E-state index contributed by atoms with van der Waals surface area (Å²) in [5.74, 6) is 0. The first-order valence-corrected chi connectivity index (χ1v) is 6.05. The molecule has 7 heteroatoms. The fraction of sp³-hybridized carbons (Fsp3) is 0.0714. The lowest BCUT2D eigenvalue weighted by Gasteiger charge is -2.07. The molecule has 0 aliphatic carbocycles. The van der Waals surface area contributed by atoms with Gasteiger partial charge in [-0.15, -0.1) is 5.10 Å².